The first-order valence-electron chi connectivity index (χ1n) is 21.2. The first-order chi connectivity index (χ1) is 31.2. The monoisotopic (exact) mass is 821 g/mol. The summed E-state index contributed by atoms with van der Waals surface area (Å²) in [6, 6.07) is 75.5. The summed E-state index contributed by atoms with van der Waals surface area (Å²) in [6.45, 7) is 0. The Kier molecular flexibility index (Phi) is 8.08. The molecule has 9 aromatic carbocycles. The summed E-state index contributed by atoms with van der Waals surface area (Å²) in [4.78, 5) is 18.1. The maximum atomic E-state index is 5.22. The third-order valence-corrected chi connectivity index (χ3v) is 13.5. The minimum absolute atomic E-state index is 0.624. The largest absolute Gasteiger partial charge is 0.295 e. The van der Waals surface area contributed by atoms with Crippen molar-refractivity contribution in [2.45, 2.75) is 9.79 Å². The lowest BCUT2D eigenvalue weighted by atomic mass is 10.0. The Labute approximate surface area is 367 Å². The zero-order valence-corrected chi connectivity index (χ0v) is 34.7. The molecule has 0 atom stereocenters. The Morgan fingerprint density at radius 3 is 1.83 bits per heavy atom. The summed E-state index contributed by atoms with van der Waals surface area (Å²) in [5.41, 5.74) is 13.2. The molecule has 0 aliphatic carbocycles. The lowest BCUT2D eigenvalue weighted by Crippen LogP contribution is -2.05. The molecule has 63 heavy (non-hydrogen) atoms. The van der Waals surface area contributed by atoms with E-state index in [0.29, 0.717) is 17.5 Å². The van der Waals surface area contributed by atoms with Gasteiger partial charge in [-0.15, -0.1) is 0 Å². The molecular formula is C57H35N5S. The highest BCUT2D eigenvalue weighted by molar-refractivity contribution is 7.99. The van der Waals surface area contributed by atoms with Gasteiger partial charge in [0.25, 0.3) is 0 Å². The predicted octanol–water partition coefficient (Wildman–Crippen LogP) is 14.9. The van der Waals surface area contributed by atoms with E-state index in [-0.39, 0.29) is 0 Å². The number of benzene rings is 9. The van der Waals surface area contributed by atoms with Gasteiger partial charge in [0.1, 0.15) is 5.65 Å². The molecule has 1 aliphatic rings. The Morgan fingerprint density at radius 1 is 0.365 bits per heavy atom. The van der Waals surface area contributed by atoms with Gasteiger partial charge < -0.3 is 0 Å². The Morgan fingerprint density at radius 2 is 0.952 bits per heavy atom. The number of hydrogen-bond donors (Lipinski definition) is 0. The normalized spacial score (nSPS) is 12.1. The number of hydrogen-bond acceptors (Lipinski definition) is 4. The lowest BCUT2D eigenvalue weighted by molar-refractivity contribution is 1.03. The highest BCUT2D eigenvalue weighted by atomic mass is 32.2. The van der Waals surface area contributed by atoms with Crippen LogP contribution >= 0.6 is 11.8 Å². The molecule has 5 nitrogen and oxygen atoms in total. The van der Waals surface area contributed by atoms with Crippen LogP contribution in [0.4, 0.5) is 0 Å². The van der Waals surface area contributed by atoms with Crippen LogP contribution in [-0.4, -0.2) is 24.1 Å². The molecule has 0 N–H and O–H groups in total. The van der Waals surface area contributed by atoms with Crippen LogP contribution in [0.3, 0.4) is 0 Å². The molecule has 4 heterocycles. The SMILES string of the molecule is c1ccc(-c2ccc(-c3nc(-c4cccc(-c5ccc6c7c8cccc9c8n(c7n(-c7ccccc7)c6c5)-c5ccccc5S9)c4)nc(-c4cccc5ccccc45)n3)cc2)cc1. The van der Waals surface area contributed by atoms with E-state index in [2.05, 4.69) is 215 Å². The van der Waals surface area contributed by atoms with Gasteiger partial charge in [0.2, 0.25) is 0 Å². The maximum Gasteiger partial charge on any atom is 0.164 e. The Bertz CT molecular complexity index is 3750. The summed E-state index contributed by atoms with van der Waals surface area (Å²) in [5.74, 6) is 1.89. The molecule has 0 amide bonds. The molecule has 12 aromatic rings. The maximum absolute atomic E-state index is 5.22. The van der Waals surface area contributed by atoms with Gasteiger partial charge in [-0.25, -0.2) is 15.0 Å². The van der Waals surface area contributed by atoms with Crippen LogP contribution in [0.15, 0.2) is 222 Å². The third-order valence-electron chi connectivity index (χ3n) is 12.4. The molecule has 0 radical (unpaired) electrons. The number of fused-ring (bicyclic) bond motifs is 8. The van der Waals surface area contributed by atoms with Gasteiger partial charge in [0.15, 0.2) is 17.5 Å². The van der Waals surface area contributed by atoms with E-state index < -0.39 is 0 Å². The van der Waals surface area contributed by atoms with E-state index in [9.17, 15) is 0 Å². The number of rotatable bonds is 6. The average Bonchev–Trinajstić information content (AvgIpc) is 3.88. The second kappa shape index (κ2) is 14.3. The molecule has 0 saturated carbocycles. The summed E-state index contributed by atoms with van der Waals surface area (Å²) >= 11 is 1.85. The van der Waals surface area contributed by atoms with Gasteiger partial charge in [0.05, 0.1) is 16.7 Å². The van der Waals surface area contributed by atoms with Crippen molar-refractivity contribution in [2.75, 3.05) is 0 Å². The third kappa shape index (κ3) is 5.76. The second-order valence-corrected chi connectivity index (χ2v) is 17.1. The van der Waals surface area contributed by atoms with Gasteiger partial charge in [-0.1, -0.05) is 182 Å². The molecule has 0 saturated heterocycles. The summed E-state index contributed by atoms with van der Waals surface area (Å²) in [6.07, 6.45) is 0. The quantitative estimate of drug-likeness (QED) is 0.168. The minimum atomic E-state index is 0.624. The van der Waals surface area contributed by atoms with E-state index in [0.717, 1.165) is 55.4 Å². The molecule has 13 rings (SSSR count). The topological polar surface area (TPSA) is 48.5 Å². The standard InChI is InChI=1S/C57H35N5S/c1-3-14-36(15-4-1)37-28-30-39(31-29-37)54-58-55(60-56(59-54)45-23-12-17-38-16-7-8-22-44(38)45)42-19-11-18-40(34-42)41-32-33-46-49(35-41)61(43-20-5-2-6-21-43)57-52(46)47-24-13-27-51-53(47)62(57)48-25-9-10-26-50(48)63-51/h1-35H. The zero-order chi connectivity index (χ0) is 41.4. The van der Waals surface area contributed by atoms with Gasteiger partial charge in [-0.05, 0) is 75.5 Å². The van der Waals surface area contributed by atoms with E-state index in [1.54, 1.807) is 0 Å². The fourth-order valence-corrected chi connectivity index (χ4v) is 10.5. The molecule has 294 valence electrons. The smallest absolute Gasteiger partial charge is 0.164 e. The van der Waals surface area contributed by atoms with Gasteiger partial charge in [-0.3, -0.25) is 9.13 Å². The zero-order valence-electron chi connectivity index (χ0n) is 33.9. The van der Waals surface area contributed by atoms with Crippen LogP contribution < -0.4 is 0 Å². The summed E-state index contributed by atoms with van der Waals surface area (Å²) in [5, 5.41) is 5.99. The summed E-state index contributed by atoms with van der Waals surface area (Å²) < 4.78 is 4.94. The molecule has 0 bridgehead atoms. The molecule has 0 unspecified atom stereocenters. The first-order valence-corrected chi connectivity index (χ1v) is 22.0. The van der Waals surface area contributed by atoms with Crippen molar-refractivity contribution < 1.29 is 0 Å². The van der Waals surface area contributed by atoms with Crippen molar-refractivity contribution >= 4 is 55.4 Å². The molecule has 3 aromatic heterocycles. The van der Waals surface area contributed by atoms with Gasteiger partial charge in [0, 0.05) is 48.3 Å². The highest BCUT2D eigenvalue weighted by Gasteiger charge is 2.28. The summed E-state index contributed by atoms with van der Waals surface area (Å²) in [7, 11) is 0. The lowest BCUT2D eigenvalue weighted by Gasteiger charge is -2.21. The van der Waals surface area contributed by atoms with E-state index >= 15 is 0 Å². The fraction of sp³-hybridized carbons (Fsp3) is 0. The van der Waals surface area contributed by atoms with Crippen LogP contribution in [0.1, 0.15) is 0 Å². The number of aromatic nitrogens is 5. The molecule has 0 spiro atoms. The van der Waals surface area contributed by atoms with Crippen LogP contribution in [0.5, 0.6) is 0 Å². The van der Waals surface area contributed by atoms with Gasteiger partial charge >= 0.3 is 0 Å². The van der Waals surface area contributed by atoms with E-state index in [1.807, 2.05) is 17.8 Å². The first kappa shape index (κ1) is 35.7. The van der Waals surface area contributed by atoms with Crippen molar-refractivity contribution in [3.8, 4) is 67.8 Å². The average molecular weight is 822 g/mol. The number of para-hydroxylation sites is 3. The van der Waals surface area contributed by atoms with Crippen molar-refractivity contribution in [3.05, 3.63) is 212 Å². The molecule has 0 fully saturated rings. The molecule has 6 heteroatoms. The second-order valence-electron chi connectivity index (χ2n) is 16.0. The number of nitrogens with zero attached hydrogens (tertiary/aromatic N) is 5. The van der Waals surface area contributed by atoms with Crippen molar-refractivity contribution in [3.63, 3.8) is 0 Å². The van der Waals surface area contributed by atoms with Crippen molar-refractivity contribution in [2.24, 2.45) is 0 Å². The fourth-order valence-electron chi connectivity index (χ4n) is 9.45. The Hall–Kier alpha value is -8.06. The van der Waals surface area contributed by atoms with Crippen LogP contribution in [0, 0.1) is 0 Å². The predicted molar refractivity (Wildman–Crippen MR) is 260 cm³/mol. The van der Waals surface area contributed by atoms with Crippen molar-refractivity contribution in [1.29, 1.82) is 0 Å². The van der Waals surface area contributed by atoms with Crippen molar-refractivity contribution in [1.82, 2.24) is 24.1 Å². The highest BCUT2D eigenvalue weighted by Crippen LogP contribution is 2.49. The van der Waals surface area contributed by atoms with Crippen LogP contribution in [0.25, 0.3) is 111 Å². The Balaban J connectivity index is 0.990. The van der Waals surface area contributed by atoms with Crippen LogP contribution in [0.2, 0.25) is 0 Å². The molecular weight excluding hydrogens is 787 g/mol. The van der Waals surface area contributed by atoms with E-state index in [4.69, 9.17) is 15.0 Å². The van der Waals surface area contributed by atoms with Gasteiger partial charge in [-0.2, -0.15) is 0 Å². The van der Waals surface area contributed by atoms with E-state index in [1.165, 1.54) is 48.4 Å². The minimum Gasteiger partial charge on any atom is -0.295 e. The van der Waals surface area contributed by atoms with Crippen LogP contribution in [-0.2, 0) is 0 Å². The molecule has 1 aliphatic heterocycles.